The van der Waals surface area contributed by atoms with Gasteiger partial charge in [-0.2, -0.15) is 0 Å². The molecule has 0 fully saturated rings. The maximum atomic E-state index is 12.9. The van der Waals surface area contributed by atoms with Gasteiger partial charge in [0.05, 0.1) is 0 Å². The molecule has 0 saturated heterocycles. The molecule has 0 aliphatic rings. The fraction of sp³-hybridized carbons (Fsp3) is 0.250. The molecule has 0 atom stereocenters. The zero-order valence-electron chi connectivity index (χ0n) is 7.15. The molecule has 1 rings (SSSR count). The molecule has 15 heavy (non-hydrogen) atoms. The zero-order chi connectivity index (χ0) is 11.5. The van der Waals surface area contributed by atoms with Crippen molar-refractivity contribution in [1.82, 2.24) is 0 Å². The first kappa shape index (κ1) is 11.5. The summed E-state index contributed by atoms with van der Waals surface area (Å²) in [7, 11) is 0. The van der Waals surface area contributed by atoms with Crippen LogP contribution in [0.3, 0.4) is 0 Å². The van der Waals surface area contributed by atoms with Crippen molar-refractivity contribution in [3.63, 3.8) is 0 Å². The van der Waals surface area contributed by atoms with Gasteiger partial charge in [0, 0.05) is 6.07 Å². The van der Waals surface area contributed by atoms with E-state index in [-0.39, 0.29) is 0 Å². The minimum atomic E-state index is -4.89. The molecule has 1 aromatic carbocycles. The van der Waals surface area contributed by atoms with E-state index in [0.29, 0.717) is 6.07 Å². The highest BCUT2D eigenvalue weighted by atomic mass is 19.4. The Balaban J connectivity index is 2.82. The fourth-order valence-corrected chi connectivity index (χ4v) is 0.855. The smallest absolute Gasteiger partial charge is 0.460 e. The lowest BCUT2D eigenvalue weighted by Crippen LogP contribution is -2.17. The topological polar surface area (TPSA) is 18.5 Å². The molecule has 84 valence electrons. The average Bonchev–Trinajstić information content (AvgIpc) is 2.07. The first-order chi connectivity index (χ1) is 6.92. The van der Waals surface area contributed by atoms with Crippen LogP contribution in [0.25, 0.3) is 0 Å². The molecule has 0 radical (unpaired) electrons. The molecule has 0 N–H and O–H groups in total. The Bertz CT molecular complexity index is 336. The Morgan fingerprint density at radius 3 is 2.33 bits per heavy atom. The van der Waals surface area contributed by atoms with Gasteiger partial charge in [0.2, 0.25) is 6.86 Å². The summed E-state index contributed by atoms with van der Waals surface area (Å²) < 4.78 is 67.1. The van der Waals surface area contributed by atoms with Crippen LogP contribution in [0.2, 0.25) is 0 Å². The van der Waals surface area contributed by atoms with Crippen LogP contribution in [0.4, 0.5) is 22.0 Å². The van der Waals surface area contributed by atoms with Crippen LogP contribution in [0.5, 0.6) is 11.5 Å². The van der Waals surface area contributed by atoms with Crippen molar-refractivity contribution in [1.29, 1.82) is 0 Å². The van der Waals surface area contributed by atoms with Crippen LogP contribution in [-0.2, 0) is 0 Å². The molecule has 0 spiro atoms. The molecular weight excluding hydrogens is 223 g/mol. The summed E-state index contributed by atoms with van der Waals surface area (Å²) in [5, 5.41) is 0. The van der Waals surface area contributed by atoms with E-state index in [2.05, 4.69) is 9.47 Å². The Kier molecular flexibility index (Phi) is 3.33. The Hall–Kier alpha value is -1.53. The van der Waals surface area contributed by atoms with Crippen molar-refractivity contribution in [2.45, 2.75) is 6.36 Å². The Labute approximate surface area is 81.2 Å². The average molecular weight is 228 g/mol. The van der Waals surface area contributed by atoms with E-state index in [1.54, 1.807) is 0 Å². The van der Waals surface area contributed by atoms with E-state index in [9.17, 15) is 22.0 Å². The predicted molar refractivity (Wildman–Crippen MR) is 39.7 cm³/mol. The van der Waals surface area contributed by atoms with Gasteiger partial charge in [0.1, 0.15) is 5.75 Å². The van der Waals surface area contributed by atoms with Crippen molar-refractivity contribution >= 4 is 0 Å². The monoisotopic (exact) mass is 228 g/mol. The summed E-state index contributed by atoms with van der Waals surface area (Å²) in [6.07, 6.45) is -4.89. The maximum absolute atomic E-state index is 12.9. The summed E-state index contributed by atoms with van der Waals surface area (Å²) in [5.41, 5.74) is 0. The molecule has 0 aliphatic carbocycles. The third kappa shape index (κ3) is 3.61. The van der Waals surface area contributed by atoms with Crippen LogP contribution in [0.15, 0.2) is 18.2 Å². The second-order valence-electron chi connectivity index (χ2n) is 2.39. The van der Waals surface area contributed by atoms with Crippen LogP contribution >= 0.6 is 0 Å². The van der Waals surface area contributed by atoms with Gasteiger partial charge in [0.25, 0.3) is 0 Å². The van der Waals surface area contributed by atoms with E-state index in [1.165, 1.54) is 0 Å². The first-order valence-electron chi connectivity index (χ1n) is 3.66. The van der Waals surface area contributed by atoms with E-state index >= 15 is 0 Å². The lowest BCUT2D eigenvalue weighted by atomic mass is 10.3. The third-order valence-corrected chi connectivity index (χ3v) is 1.35. The molecule has 1 aromatic rings. The van der Waals surface area contributed by atoms with Gasteiger partial charge in [-0.25, -0.2) is 8.78 Å². The van der Waals surface area contributed by atoms with Crippen LogP contribution in [0, 0.1) is 5.82 Å². The van der Waals surface area contributed by atoms with Crippen LogP contribution < -0.4 is 9.47 Å². The van der Waals surface area contributed by atoms with Gasteiger partial charge in [0.15, 0.2) is 11.6 Å². The minimum Gasteiger partial charge on any atom is -0.460 e. The summed E-state index contributed by atoms with van der Waals surface area (Å²) in [4.78, 5) is 0. The largest absolute Gasteiger partial charge is 0.573 e. The highest BCUT2D eigenvalue weighted by Crippen LogP contribution is 2.27. The molecule has 0 amide bonds. The molecular formula is C8H5F5O2. The van der Waals surface area contributed by atoms with E-state index in [1.807, 2.05) is 0 Å². The number of hydrogen-bond donors (Lipinski definition) is 0. The van der Waals surface area contributed by atoms with E-state index < -0.39 is 30.5 Å². The van der Waals surface area contributed by atoms with Crippen molar-refractivity contribution < 1.29 is 31.4 Å². The molecule has 0 heterocycles. The molecule has 0 unspecified atom stereocenters. The predicted octanol–water partition coefficient (Wildman–Crippen LogP) is 3.03. The van der Waals surface area contributed by atoms with Gasteiger partial charge >= 0.3 is 6.36 Å². The minimum absolute atomic E-state index is 0.457. The van der Waals surface area contributed by atoms with E-state index in [4.69, 9.17) is 0 Å². The SMILES string of the molecule is FCOc1ccc(OC(F)(F)F)cc1F. The quantitative estimate of drug-likeness (QED) is 0.740. The number of hydrogen-bond acceptors (Lipinski definition) is 2. The van der Waals surface area contributed by atoms with Crippen molar-refractivity contribution in [3.8, 4) is 11.5 Å². The standard InChI is InChI=1S/C8H5F5O2/c9-4-14-7-2-1-5(3-6(7)10)15-8(11,12)13/h1-3H,4H2. The molecule has 0 bridgehead atoms. The van der Waals surface area contributed by atoms with Crippen molar-refractivity contribution in [3.05, 3.63) is 24.0 Å². The van der Waals surface area contributed by atoms with Crippen molar-refractivity contribution in [2.24, 2.45) is 0 Å². The number of rotatable bonds is 3. The second-order valence-corrected chi connectivity index (χ2v) is 2.39. The maximum Gasteiger partial charge on any atom is 0.573 e. The number of benzene rings is 1. The van der Waals surface area contributed by atoms with Gasteiger partial charge < -0.3 is 9.47 Å². The summed E-state index contributed by atoms with van der Waals surface area (Å²) in [6.45, 7) is -1.27. The highest BCUT2D eigenvalue weighted by Gasteiger charge is 2.31. The summed E-state index contributed by atoms with van der Waals surface area (Å²) in [5.74, 6) is -2.34. The number of halogens is 5. The molecule has 0 saturated carbocycles. The number of ether oxygens (including phenoxy) is 2. The lowest BCUT2D eigenvalue weighted by Gasteiger charge is -2.09. The van der Waals surface area contributed by atoms with Crippen molar-refractivity contribution in [2.75, 3.05) is 6.86 Å². The van der Waals surface area contributed by atoms with Gasteiger partial charge in [-0.05, 0) is 12.1 Å². The molecule has 7 heteroatoms. The van der Waals surface area contributed by atoms with Gasteiger partial charge in [-0.1, -0.05) is 0 Å². The van der Waals surface area contributed by atoms with Crippen LogP contribution in [-0.4, -0.2) is 13.2 Å². The molecule has 2 nitrogen and oxygen atoms in total. The second kappa shape index (κ2) is 4.33. The summed E-state index contributed by atoms with van der Waals surface area (Å²) in [6, 6.07) is 2.12. The van der Waals surface area contributed by atoms with Gasteiger partial charge in [-0.3, -0.25) is 0 Å². The van der Waals surface area contributed by atoms with E-state index in [0.717, 1.165) is 12.1 Å². The Morgan fingerprint density at radius 1 is 1.20 bits per heavy atom. The highest BCUT2D eigenvalue weighted by molar-refractivity contribution is 5.33. The summed E-state index contributed by atoms with van der Waals surface area (Å²) >= 11 is 0. The fourth-order valence-electron chi connectivity index (χ4n) is 0.855. The molecule has 0 aliphatic heterocycles. The van der Waals surface area contributed by atoms with Crippen LogP contribution in [0.1, 0.15) is 0 Å². The van der Waals surface area contributed by atoms with Gasteiger partial charge in [-0.15, -0.1) is 13.2 Å². The molecule has 0 aromatic heterocycles. The Morgan fingerprint density at radius 2 is 1.87 bits per heavy atom. The lowest BCUT2D eigenvalue weighted by molar-refractivity contribution is -0.274. The number of alkyl halides is 4. The normalized spacial score (nSPS) is 11.3. The zero-order valence-corrected chi connectivity index (χ0v) is 7.15. The third-order valence-electron chi connectivity index (χ3n) is 1.35. The first-order valence-corrected chi connectivity index (χ1v) is 3.66.